The Kier molecular flexibility index (Phi) is 3.11. The van der Waals surface area contributed by atoms with E-state index in [9.17, 15) is 8.22 Å². The predicted molar refractivity (Wildman–Crippen MR) is 69.6 cm³/mol. The first-order valence-electron chi connectivity index (χ1n) is 5.52. The van der Waals surface area contributed by atoms with E-state index in [1.54, 1.807) is 48.5 Å². The van der Waals surface area contributed by atoms with Crippen LogP contribution in [0, 0.1) is 13.8 Å². The van der Waals surface area contributed by atoms with Crippen LogP contribution in [0.25, 0.3) is 0 Å². The number of rotatable bonds is 2. The van der Waals surface area contributed by atoms with Crippen LogP contribution >= 0.6 is 0 Å². The molecule has 0 aliphatic carbocycles. The Labute approximate surface area is 101 Å². The van der Waals surface area contributed by atoms with Crippen molar-refractivity contribution in [1.82, 2.24) is 0 Å². The molecule has 88 valence electrons. The molecule has 0 saturated carbocycles. The normalized spacial score (nSPS) is 11.5. The Morgan fingerprint density at radius 2 is 0.941 bits per heavy atom. The summed E-state index contributed by atoms with van der Waals surface area (Å²) in [7, 11) is -4.50. The molecule has 0 spiro atoms. The Morgan fingerprint density at radius 3 is 1.24 bits per heavy atom. The molecule has 0 unspecified atom stereocenters. The Morgan fingerprint density at radius 1 is 0.647 bits per heavy atom. The summed E-state index contributed by atoms with van der Waals surface area (Å²) in [5.41, 5.74) is 2.00. The topological polar surface area (TPSA) is 0 Å². The third kappa shape index (κ3) is 2.44. The predicted octanol–water partition coefficient (Wildman–Crippen LogP) is 2.80. The molecule has 0 heterocycles. The maximum atomic E-state index is 14.3. The van der Waals surface area contributed by atoms with Gasteiger partial charge in [0.15, 0.2) is 0 Å². The zero-order chi connectivity index (χ0) is 12.5. The fraction of sp³-hybridized carbons (Fsp3) is 0.143. The van der Waals surface area contributed by atoms with Crippen molar-refractivity contribution in [3.8, 4) is 0 Å². The second kappa shape index (κ2) is 4.41. The highest BCUT2D eigenvalue weighted by Gasteiger charge is 2.40. The first-order valence-corrected chi connectivity index (χ1v) is 7.28. The summed E-state index contributed by atoms with van der Waals surface area (Å²) in [6.07, 6.45) is 0. The van der Waals surface area contributed by atoms with E-state index in [0.29, 0.717) is 0 Å². The lowest BCUT2D eigenvalue weighted by Gasteiger charge is -2.14. The number of benzene rings is 2. The van der Waals surface area contributed by atoms with Crippen molar-refractivity contribution in [2.75, 3.05) is 0 Å². The highest BCUT2D eigenvalue weighted by Crippen LogP contribution is 2.10. The van der Waals surface area contributed by atoms with Gasteiger partial charge in [0.2, 0.25) is 0 Å². The molecule has 2 rings (SSSR count). The van der Waals surface area contributed by atoms with E-state index >= 15 is 0 Å². The monoisotopic (exact) mass is 248 g/mol. The average Bonchev–Trinajstić information content (AvgIpc) is 2.30. The van der Waals surface area contributed by atoms with Crippen LogP contribution in [0.5, 0.6) is 0 Å². The standard InChI is InChI=1S/C14H14F2Si/c1-11-3-7-13(8-4-11)17(15,16)14-9-5-12(2)6-10-14/h3-10H,1-2H3. The molecule has 0 N–H and O–H groups in total. The molecule has 17 heavy (non-hydrogen) atoms. The second-order valence-corrected chi connectivity index (χ2v) is 6.61. The van der Waals surface area contributed by atoms with Crippen LogP contribution in [-0.2, 0) is 0 Å². The molecule has 0 aliphatic rings. The third-order valence-corrected chi connectivity index (χ3v) is 4.95. The largest absolute Gasteiger partial charge is 0.487 e. The number of halogens is 2. The minimum absolute atomic E-state index is 0.173. The van der Waals surface area contributed by atoms with Gasteiger partial charge in [0.1, 0.15) is 0 Å². The highest BCUT2D eigenvalue weighted by atomic mass is 28.4. The van der Waals surface area contributed by atoms with Gasteiger partial charge in [-0.15, -0.1) is 0 Å². The summed E-state index contributed by atoms with van der Waals surface area (Å²) in [4.78, 5) is 0. The van der Waals surface area contributed by atoms with E-state index in [1.165, 1.54) is 0 Å². The average molecular weight is 248 g/mol. The van der Waals surface area contributed by atoms with E-state index in [1.807, 2.05) is 13.8 Å². The molecule has 0 nitrogen and oxygen atoms in total. The van der Waals surface area contributed by atoms with E-state index in [0.717, 1.165) is 11.1 Å². The molecule has 0 aliphatic heterocycles. The molecule has 0 aromatic heterocycles. The Balaban J connectivity index is 2.41. The maximum Gasteiger partial charge on any atom is 0.487 e. The van der Waals surface area contributed by atoms with Gasteiger partial charge < -0.3 is 0 Å². The summed E-state index contributed by atoms with van der Waals surface area (Å²) >= 11 is 0. The maximum absolute atomic E-state index is 14.3. The zero-order valence-corrected chi connectivity index (χ0v) is 10.9. The lowest BCUT2D eigenvalue weighted by atomic mass is 10.2. The van der Waals surface area contributed by atoms with Crippen molar-refractivity contribution in [2.24, 2.45) is 0 Å². The Hall–Kier alpha value is -1.48. The molecular formula is C14H14F2Si. The van der Waals surface area contributed by atoms with Crippen LogP contribution in [0.4, 0.5) is 8.22 Å². The van der Waals surface area contributed by atoms with Crippen LogP contribution in [0.3, 0.4) is 0 Å². The second-order valence-electron chi connectivity index (χ2n) is 4.31. The molecule has 3 heteroatoms. The van der Waals surface area contributed by atoms with Gasteiger partial charge in [-0.05, 0) is 13.8 Å². The van der Waals surface area contributed by atoms with Gasteiger partial charge in [-0.1, -0.05) is 59.7 Å². The summed E-state index contributed by atoms with van der Waals surface area (Å²) < 4.78 is 28.6. The number of aryl methyl sites for hydroxylation is 2. The molecule has 0 amide bonds. The molecule has 0 radical (unpaired) electrons. The SMILES string of the molecule is Cc1ccc([Si](F)(F)c2ccc(C)cc2)cc1. The fourth-order valence-corrected chi connectivity index (χ4v) is 3.20. The van der Waals surface area contributed by atoms with Gasteiger partial charge in [0.25, 0.3) is 0 Å². The van der Waals surface area contributed by atoms with Crippen molar-refractivity contribution in [1.29, 1.82) is 0 Å². The van der Waals surface area contributed by atoms with E-state index in [4.69, 9.17) is 0 Å². The van der Waals surface area contributed by atoms with Crippen molar-refractivity contribution in [3.05, 3.63) is 59.7 Å². The van der Waals surface area contributed by atoms with Crippen molar-refractivity contribution >= 4 is 19.1 Å². The first-order chi connectivity index (χ1) is 8.00. The fourth-order valence-electron chi connectivity index (χ4n) is 1.69. The highest BCUT2D eigenvalue weighted by molar-refractivity contribution is 6.91. The zero-order valence-electron chi connectivity index (χ0n) is 9.87. The molecule has 2 aromatic carbocycles. The van der Waals surface area contributed by atoms with Crippen molar-refractivity contribution in [2.45, 2.75) is 13.8 Å². The van der Waals surface area contributed by atoms with Crippen LogP contribution in [0.2, 0.25) is 0 Å². The summed E-state index contributed by atoms with van der Waals surface area (Å²) in [6.45, 7) is 3.80. The lowest BCUT2D eigenvalue weighted by Crippen LogP contribution is -2.50. The third-order valence-electron chi connectivity index (χ3n) is 2.83. The molecule has 0 fully saturated rings. The van der Waals surface area contributed by atoms with Gasteiger partial charge in [-0.3, -0.25) is 8.22 Å². The molecule has 0 bridgehead atoms. The van der Waals surface area contributed by atoms with E-state index < -0.39 is 8.74 Å². The number of hydrogen-bond acceptors (Lipinski definition) is 0. The van der Waals surface area contributed by atoms with Crippen LogP contribution in [0.1, 0.15) is 11.1 Å². The molecule has 0 atom stereocenters. The number of hydrogen-bond donors (Lipinski definition) is 0. The quantitative estimate of drug-likeness (QED) is 0.566. The van der Waals surface area contributed by atoms with Crippen LogP contribution in [-0.4, -0.2) is 8.74 Å². The van der Waals surface area contributed by atoms with Crippen molar-refractivity contribution in [3.63, 3.8) is 0 Å². The first kappa shape index (κ1) is 12.0. The molecular weight excluding hydrogens is 234 g/mol. The van der Waals surface area contributed by atoms with Crippen molar-refractivity contribution < 1.29 is 8.22 Å². The lowest BCUT2D eigenvalue weighted by molar-refractivity contribution is 0.654. The van der Waals surface area contributed by atoms with Gasteiger partial charge in [0, 0.05) is 10.4 Å². The van der Waals surface area contributed by atoms with E-state index in [-0.39, 0.29) is 10.4 Å². The van der Waals surface area contributed by atoms with Gasteiger partial charge >= 0.3 is 8.74 Å². The van der Waals surface area contributed by atoms with E-state index in [2.05, 4.69) is 0 Å². The summed E-state index contributed by atoms with van der Waals surface area (Å²) in [6, 6.07) is 13.1. The van der Waals surface area contributed by atoms with Gasteiger partial charge in [-0.2, -0.15) is 0 Å². The van der Waals surface area contributed by atoms with Gasteiger partial charge in [-0.25, -0.2) is 0 Å². The Bertz CT molecular complexity index is 453. The summed E-state index contributed by atoms with van der Waals surface area (Å²) in [5, 5.41) is 0.346. The molecule has 0 saturated heterocycles. The van der Waals surface area contributed by atoms with Crippen LogP contribution in [0.15, 0.2) is 48.5 Å². The van der Waals surface area contributed by atoms with Gasteiger partial charge in [0.05, 0.1) is 0 Å². The van der Waals surface area contributed by atoms with Crippen LogP contribution < -0.4 is 10.4 Å². The smallest absolute Gasteiger partial charge is 0.260 e. The minimum atomic E-state index is -4.50. The summed E-state index contributed by atoms with van der Waals surface area (Å²) in [5.74, 6) is 0. The molecule has 2 aromatic rings. The minimum Gasteiger partial charge on any atom is -0.260 e.